The maximum absolute atomic E-state index is 10.3. The molecule has 12 heteroatoms. The number of aldehydes is 1. The van der Waals surface area contributed by atoms with E-state index in [2.05, 4.69) is 63.8 Å². The van der Waals surface area contributed by atoms with Crippen LogP contribution in [0.2, 0.25) is 0 Å². The Balaban J connectivity index is -0.000000212. The van der Waals surface area contributed by atoms with Crippen molar-refractivity contribution in [2.24, 2.45) is 0 Å². The van der Waals surface area contributed by atoms with Gasteiger partial charge in [0.2, 0.25) is 0 Å². The second kappa shape index (κ2) is 75.2. The highest BCUT2D eigenvalue weighted by molar-refractivity contribution is 5.67. The summed E-state index contributed by atoms with van der Waals surface area (Å²) in [5.41, 5.74) is 0. The Bertz CT molecular complexity index is 1330. The summed E-state index contributed by atoms with van der Waals surface area (Å²) in [7, 11) is 0. The Morgan fingerprint density at radius 1 is 0.382 bits per heavy atom. The summed E-state index contributed by atoms with van der Waals surface area (Å²) in [5, 5.41) is 51.9. The number of rotatable bonds is 52. The molecule has 0 aromatic rings. The molecule has 0 heterocycles. The molecule has 12 nitrogen and oxygen atoms in total. The molecule has 0 amide bonds. The number of hydrogen-bond donors (Lipinski definition) is 6. The second-order valence-electron chi connectivity index (χ2n) is 20.1. The van der Waals surface area contributed by atoms with Gasteiger partial charge in [0.05, 0.1) is 6.10 Å². The first kappa shape index (κ1) is 78.4. The lowest BCUT2D eigenvalue weighted by molar-refractivity contribution is -0.138. The van der Waals surface area contributed by atoms with Crippen molar-refractivity contribution in [1.29, 1.82) is 0 Å². The molecule has 0 aliphatic rings. The van der Waals surface area contributed by atoms with Gasteiger partial charge in [-0.25, -0.2) is 0 Å². The smallest absolute Gasteiger partial charge is 0.303 e. The lowest BCUT2D eigenvalue weighted by Crippen LogP contribution is -2.04. The highest BCUT2D eigenvalue weighted by atomic mass is 16.4. The molecule has 0 aliphatic carbocycles. The van der Waals surface area contributed by atoms with Crippen molar-refractivity contribution in [2.45, 2.75) is 322 Å². The Morgan fingerprint density at radius 3 is 0.974 bits per heavy atom. The van der Waals surface area contributed by atoms with Crippen molar-refractivity contribution in [3.05, 3.63) is 49.1 Å². The van der Waals surface area contributed by atoms with E-state index in [0.29, 0.717) is 19.3 Å². The van der Waals surface area contributed by atoms with E-state index in [1.54, 1.807) is 0 Å². The van der Waals surface area contributed by atoms with Gasteiger partial charge in [-0.05, 0) is 109 Å². The van der Waals surface area contributed by atoms with Crippen LogP contribution in [0, 0.1) is 0 Å². The van der Waals surface area contributed by atoms with Gasteiger partial charge in [-0.1, -0.05) is 211 Å². The van der Waals surface area contributed by atoms with Gasteiger partial charge in [0.15, 0.2) is 0 Å². The van der Waals surface area contributed by atoms with E-state index in [0.717, 1.165) is 167 Å². The molecule has 0 aromatic carbocycles. The summed E-state index contributed by atoms with van der Waals surface area (Å²) in [6, 6.07) is 0. The van der Waals surface area contributed by atoms with Crippen LogP contribution in [-0.4, -0.2) is 72.9 Å². The zero-order valence-corrected chi connectivity index (χ0v) is 49.1. The Morgan fingerprint density at radius 2 is 0.645 bits per heavy atom. The first-order valence-corrected chi connectivity index (χ1v) is 30.5. The number of carboxylic acid groups (broad SMARTS) is 5. The zero-order chi connectivity index (χ0) is 59.6. The maximum atomic E-state index is 10.3. The molecule has 0 aliphatic heterocycles. The van der Waals surface area contributed by atoms with Crippen molar-refractivity contribution in [1.82, 2.24) is 0 Å². The molecule has 0 spiro atoms. The van der Waals surface area contributed by atoms with Crippen LogP contribution in [0.15, 0.2) is 49.1 Å². The quantitative estimate of drug-likeness (QED) is 0.0190. The van der Waals surface area contributed by atoms with Gasteiger partial charge in [-0.15, -0.1) is 6.58 Å². The molecule has 0 bridgehead atoms. The number of aliphatic hydroxyl groups excluding tert-OH is 1. The number of aliphatic hydroxyl groups is 1. The number of carbonyl (C=O) groups excluding carboxylic acids is 1. The van der Waals surface area contributed by atoms with Crippen molar-refractivity contribution >= 4 is 36.1 Å². The minimum atomic E-state index is -0.740. The summed E-state index contributed by atoms with van der Waals surface area (Å²) in [4.78, 5) is 61.0. The van der Waals surface area contributed by atoms with Crippen LogP contribution < -0.4 is 0 Å². The number of unbranched alkanes of at least 4 members (excludes halogenated alkanes) is 31. The third kappa shape index (κ3) is 99.0. The van der Waals surface area contributed by atoms with Crippen LogP contribution in [0.1, 0.15) is 319 Å². The molecule has 1 atom stereocenters. The Labute approximate surface area is 468 Å². The van der Waals surface area contributed by atoms with Crippen LogP contribution in [0.4, 0.5) is 0 Å². The van der Waals surface area contributed by atoms with E-state index in [1.165, 1.54) is 96.3 Å². The average Bonchev–Trinajstić information content (AvgIpc) is 3.40. The molecule has 0 saturated heterocycles. The third-order valence-electron chi connectivity index (χ3n) is 12.3. The van der Waals surface area contributed by atoms with E-state index >= 15 is 0 Å². The predicted octanol–water partition coefficient (Wildman–Crippen LogP) is 19.0. The molecule has 6 N–H and O–H groups in total. The summed E-state index contributed by atoms with van der Waals surface area (Å²) in [6.45, 7) is 10.3. The molecular formula is C64H120O12. The number of aliphatic carboxylic acids is 5. The lowest BCUT2D eigenvalue weighted by Gasteiger charge is -2.07. The largest absolute Gasteiger partial charge is 0.481 e. The zero-order valence-electron chi connectivity index (χ0n) is 51.1. The highest BCUT2D eigenvalue weighted by Crippen LogP contribution is 2.13. The molecule has 76 heavy (non-hydrogen) atoms. The second-order valence-corrected chi connectivity index (χ2v) is 20.1. The number of carboxylic acids is 5. The minimum Gasteiger partial charge on any atom is -0.481 e. The van der Waals surface area contributed by atoms with Crippen LogP contribution in [0.25, 0.3) is 0 Å². The van der Waals surface area contributed by atoms with Gasteiger partial charge in [0.1, 0.15) is 6.29 Å². The molecular weight excluding hydrogens is 961 g/mol. The molecule has 448 valence electrons. The third-order valence-corrected chi connectivity index (χ3v) is 12.3. The monoisotopic (exact) mass is 1080 g/mol. The van der Waals surface area contributed by atoms with E-state index in [9.17, 15) is 33.9 Å². The van der Waals surface area contributed by atoms with E-state index < -0.39 is 29.8 Å². The fraction of sp³-hybridized carbons (Fsp3) is 0.781. The van der Waals surface area contributed by atoms with Crippen LogP contribution in [0.5, 0.6) is 0 Å². The van der Waals surface area contributed by atoms with Crippen LogP contribution >= 0.6 is 0 Å². The summed E-state index contributed by atoms with van der Waals surface area (Å²) < 4.78 is 10.0. The topological polar surface area (TPSA) is 224 Å². The molecule has 1 unspecified atom stereocenters. The highest BCUT2D eigenvalue weighted by Gasteiger charge is 2.03. The van der Waals surface area contributed by atoms with Crippen LogP contribution in [-0.2, 0) is 28.8 Å². The molecule has 0 aromatic heterocycles. The van der Waals surface area contributed by atoms with Crippen molar-refractivity contribution < 1.29 is 62.4 Å². The van der Waals surface area contributed by atoms with Gasteiger partial charge >= 0.3 is 29.8 Å². The predicted molar refractivity (Wildman–Crippen MR) is 319 cm³/mol. The van der Waals surface area contributed by atoms with E-state index in [4.69, 9.17) is 28.5 Å². The lowest BCUT2D eigenvalue weighted by atomic mass is 10.0. The number of carbonyl (C=O) groups is 6. The van der Waals surface area contributed by atoms with Crippen LogP contribution in [0.3, 0.4) is 0 Å². The standard InChI is InChI=1S/C18H34O3.C18H32O2.C10H18O4.C10H18O3.C8H16.H2/c1-2-3-4-5-8-11-14-17(19)15-12-9-6-7-10-13-16-18(20)21;1-2-3-4-5-6-7-8-9-10-11-12-13-14-15-16-17-18(19)20;11-9(12)7-5-3-1-2-4-6-8-10(13)14;11-9-7-5-3-1-2-4-6-8-10(12)13;1-3-5-7-8-6-4-2;/h8,11,17,19H,2-7,9-10,12-16H2,1H3,(H,20,21);6-7,9-10H,2-5,8,11-17H2,1H3,(H,19,20);1-8H2,(H,11,12)(H,13,14);9H,1-8H2,(H,12,13);3H,1,4-8H2,2H3;1H/b11-8-;7-6-,10-9-;;;;/i;;;;;1+2D. The number of hydrogen-bond acceptors (Lipinski definition) is 7. The van der Waals surface area contributed by atoms with E-state index in [-0.39, 0.29) is 25.4 Å². The van der Waals surface area contributed by atoms with Gasteiger partial charge in [-0.2, -0.15) is 0 Å². The van der Waals surface area contributed by atoms with Gasteiger partial charge in [-0.3, -0.25) is 24.0 Å². The SMILES string of the molecule is C=CCCCCCC.CCCCC/C=C\C/C=C\CCCCCCCC(=O)O.CCCCC/C=C\CC(O)CCCCCCCCC(=O)O.O=C(O)CCCCCCCCC(=O)O.O=CCCCCCCCCC(=O)O.[2H][3H]. The summed E-state index contributed by atoms with van der Waals surface area (Å²) in [5.74, 6) is -3.55. The molecule has 0 radical (unpaired) electrons. The van der Waals surface area contributed by atoms with Gasteiger partial charge in [0, 0.05) is 41.5 Å². The average molecular weight is 1080 g/mol. The first-order chi connectivity index (χ1) is 37.7. The molecule has 0 fully saturated rings. The van der Waals surface area contributed by atoms with Crippen molar-refractivity contribution in [3.63, 3.8) is 0 Å². The fourth-order valence-corrected chi connectivity index (χ4v) is 7.64. The first-order valence-electron chi connectivity index (χ1n) is 31.5. The van der Waals surface area contributed by atoms with E-state index in [1.807, 2.05) is 6.08 Å². The summed E-state index contributed by atoms with van der Waals surface area (Å²) in [6.07, 6.45) is 62.0. The summed E-state index contributed by atoms with van der Waals surface area (Å²) >= 11 is 0. The number of allylic oxidation sites excluding steroid dienone is 6. The van der Waals surface area contributed by atoms with Gasteiger partial charge < -0.3 is 35.4 Å². The van der Waals surface area contributed by atoms with Crippen molar-refractivity contribution in [2.75, 3.05) is 0 Å². The minimum absolute atomic E-state index is 0.195. The normalized spacial score (nSPS) is 11.2. The fourth-order valence-electron chi connectivity index (χ4n) is 7.64. The van der Waals surface area contributed by atoms with Gasteiger partial charge in [0.25, 0.3) is 0 Å². The molecule has 0 rings (SSSR count). The Kier molecular flexibility index (Phi) is 77.6. The van der Waals surface area contributed by atoms with Crippen molar-refractivity contribution in [3.8, 4) is 0 Å². The maximum Gasteiger partial charge on any atom is 0.303 e. The Hall–Kier alpha value is -4.06. The molecule has 0 saturated carbocycles.